The number of thiophene rings is 1. The molecule has 146 valence electrons. The van der Waals surface area contributed by atoms with Gasteiger partial charge in [0.15, 0.2) is 6.61 Å². The number of aryl methyl sites for hydroxylation is 3. The minimum absolute atomic E-state index is 0.286. The smallest absolute Gasteiger partial charge is 0.342 e. The van der Waals surface area contributed by atoms with Crippen LogP contribution < -0.4 is 5.32 Å². The quantitative estimate of drug-likeness (QED) is 0.616. The van der Waals surface area contributed by atoms with Crippen LogP contribution in [0.4, 0.5) is 0 Å². The third-order valence-electron chi connectivity index (χ3n) is 4.64. The third kappa shape index (κ3) is 4.34. The highest BCUT2D eigenvalue weighted by atomic mass is 32.1. The van der Waals surface area contributed by atoms with Crippen LogP contribution in [0.5, 0.6) is 0 Å². The number of esters is 1. The molecule has 1 aromatic carbocycles. The molecule has 0 aliphatic carbocycles. The van der Waals surface area contributed by atoms with Crippen LogP contribution in [0.3, 0.4) is 0 Å². The lowest BCUT2D eigenvalue weighted by Crippen LogP contribution is -2.32. The van der Waals surface area contributed by atoms with Crippen LogP contribution in [0.25, 0.3) is 0 Å². The van der Waals surface area contributed by atoms with Crippen LogP contribution in [-0.4, -0.2) is 18.5 Å². The summed E-state index contributed by atoms with van der Waals surface area (Å²) >= 11 is 1.57. The van der Waals surface area contributed by atoms with Crippen LogP contribution >= 0.6 is 11.3 Å². The predicted octanol–water partition coefficient (Wildman–Crippen LogP) is 4.64. The molecule has 0 saturated heterocycles. The number of furan rings is 1. The minimum atomic E-state index is -0.551. The Morgan fingerprint density at radius 1 is 1.07 bits per heavy atom. The van der Waals surface area contributed by atoms with E-state index in [1.165, 1.54) is 0 Å². The molecule has 0 saturated carbocycles. The standard InChI is InChI=1S/C22H23NO4S/c1-13-7-9-17(10-8-13)21(18-6-5-11-28-18)23-19(24)12-26-22(25)20-14(2)15(3)27-16(20)4/h5-11,21H,12H2,1-4H3,(H,23,24). The molecular weight excluding hydrogens is 374 g/mol. The van der Waals surface area contributed by atoms with Crippen molar-refractivity contribution >= 4 is 23.2 Å². The largest absolute Gasteiger partial charge is 0.465 e. The molecule has 0 aliphatic heterocycles. The maximum atomic E-state index is 12.5. The molecule has 1 atom stereocenters. The molecule has 0 spiro atoms. The van der Waals surface area contributed by atoms with E-state index in [4.69, 9.17) is 9.15 Å². The third-order valence-corrected chi connectivity index (χ3v) is 5.58. The van der Waals surface area contributed by atoms with Gasteiger partial charge >= 0.3 is 5.97 Å². The number of carbonyl (C=O) groups is 2. The lowest BCUT2D eigenvalue weighted by atomic mass is 10.0. The topological polar surface area (TPSA) is 68.5 Å². The van der Waals surface area contributed by atoms with Gasteiger partial charge in [-0.2, -0.15) is 0 Å². The van der Waals surface area contributed by atoms with Crippen molar-refractivity contribution in [2.45, 2.75) is 33.7 Å². The van der Waals surface area contributed by atoms with Crippen molar-refractivity contribution in [3.8, 4) is 0 Å². The van der Waals surface area contributed by atoms with E-state index >= 15 is 0 Å². The second kappa shape index (κ2) is 8.44. The second-order valence-electron chi connectivity index (χ2n) is 6.72. The summed E-state index contributed by atoms with van der Waals surface area (Å²) in [6, 6.07) is 11.6. The Bertz CT molecular complexity index is 971. The van der Waals surface area contributed by atoms with E-state index in [0.717, 1.165) is 21.6 Å². The van der Waals surface area contributed by atoms with Crippen LogP contribution in [-0.2, 0) is 9.53 Å². The van der Waals surface area contributed by atoms with Crippen molar-refractivity contribution in [2.75, 3.05) is 6.61 Å². The Morgan fingerprint density at radius 3 is 2.36 bits per heavy atom. The zero-order valence-corrected chi connectivity index (χ0v) is 17.2. The van der Waals surface area contributed by atoms with E-state index in [-0.39, 0.29) is 18.6 Å². The summed E-state index contributed by atoms with van der Waals surface area (Å²) in [5.74, 6) is 0.260. The molecule has 2 heterocycles. The zero-order valence-electron chi connectivity index (χ0n) is 16.4. The van der Waals surface area contributed by atoms with Crippen LogP contribution in [0.1, 0.15) is 49.5 Å². The highest BCUT2D eigenvalue weighted by molar-refractivity contribution is 7.10. The van der Waals surface area contributed by atoms with E-state index in [1.54, 1.807) is 32.1 Å². The molecule has 0 fully saturated rings. The summed E-state index contributed by atoms with van der Waals surface area (Å²) < 4.78 is 10.7. The van der Waals surface area contributed by atoms with Gasteiger partial charge in [-0.25, -0.2) is 4.79 Å². The first kappa shape index (κ1) is 19.9. The number of amides is 1. The van der Waals surface area contributed by atoms with Crippen molar-refractivity contribution in [3.05, 3.63) is 80.4 Å². The number of hydrogen-bond acceptors (Lipinski definition) is 5. The van der Waals surface area contributed by atoms with Crippen molar-refractivity contribution in [1.82, 2.24) is 5.32 Å². The highest BCUT2D eigenvalue weighted by Crippen LogP contribution is 2.26. The van der Waals surface area contributed by atoms with Gasteiger partial charge in [0.2, 0.25) is 0 Å². The Kier molecular flexibility index (Phi) is 5.99. The van der Waals surface area contributed by atoms with Gasteiger partial charge in [-0.15, -0.1) is 11.3 Å². The fraction of sp³-hybridized carbons (Fsp3) is 0.273. The van der Waals surface area contributed by atoms with Gasteiger partial charge in [0.25, 0.3) is 5.91 Å². The summed E-state index contributed by atoms with van der Waals surface area (Å²) in [4.78, 5) is 25.9. The minimum Gasteiger partial charge on any atom is -0.465 e. The fourth-order valence-corrected chi connectivity index (χ4v) is 3.84. The van der Waals surface area contributed by atoms with Gasteiger partial charge in [0, 0.05) is 10.4 Å². The molecular formula is C22H23NO4S. The first-order valence-electron chi connectivity index (χ1n) is 9.00. The van der Waals surface area contributed by atoms with E-state index in [1.807, 2.05) is 48.7 Å². The summed E-state index contributed by atoms with van der Waals surface area (Å²) in [6.07, 6.45) is 0. The molecule has 0 radical (unpaired) electrons. The van der Waals surface area contributed by atoms with Gasteiger partial charge in [-0.05, 0) is 44.7 Å². The monoisotopic (exact) mass is 397 g/mol. The van der Waals surface area contributed by atoms with Crippen LogP contribution in [0.2, 0.25) is 0 Å². The van der Waals surface area contributed by atoms with Crippen molar-refractivity contribution in [1.29, 1.82) is 0 Å². The van der Waals surface area contributed by atoms with Crippen LogP contribution in [0, 0.1) is 27.7 Å². The number of rotatable bonds is 6. The summed E-state index contributed by atoms with van der Waals surface area (Å²) in [5.41, 5.74) is 3.25. The first-order valence-corrected chi connectivity index (χ1v) is 9.88. The second-order valence-corrected chi connectivity index (χ2v) is 7.70. The van der Waals surface area contributed by atoms with Crippen molar-refractivity contribution in [3.63, 3.8) is 0 Å². The Morgan fingerprint density at radius 2 is 1.79 bits per heavy atom. The lowest BCUT2D eigenvalue weighted by molar-refractivity contribution is -0.124. The fourth-order valence-electron chi connectivity index (χ4n) is 3.03. The van der Waals surface area contributed by atoms with Gasteiger partial charge < -0.3 is 14.5 Å². The van der Waals surface area contributed by atoms with E-state index in [9.17, 15) is 9.59 Å². The maximum absolute atomic E-state index is 12.5. The average Bonchev–Trinajstić information content (AvgIpc) is 3.27. The highest BCUT2D eigenvalue weighted by Gasteiger charge is 2.22. The summed E-state index contributed by atoms with van der Waals surface area (Å²) in [5, 5.41) is 4.94. The number of carbonyl (C=O) groups excluding carboxylic acids is 2. The Balaban J connectivity index is 1.69. The number of hydrogen-bond donors (Lipinski definition) is 1. The van der Waals surface area contributed by atoms with E-state index in [2.05, 4.69) is 5.32 Å². The van der Waals surface area contributed by atoms with E-state index in [0.29, 0.717) is 17.1 Å². The Hall–Kier alpha value is -2.86. The molecule has 2 aromatic heterocycles. The molecule has 0 bridgehead atoms. The van der Waals surface area contributed by atoms with Gasteiger partial charge in [0.1, 0.15) is 17.1 Å². The number of benzene rings is 1. The average molecular weight is 397 g/mol. The van der Waals surface area contributed by atoms with Crippen molar-refractivity contribution < 1.29 is 18.7 Å². The molecule has 1 unspecified atom stereocenters. The van der Waals surface area contributed by atoms with Crippen molar-refractivity contribution in [2.24, 2.45) is 0 Å². The predicted molar refractivity (Wildman–Crippen MR) is 109 cm³/mol. The van der Waals surface area contributed by atoms with Gasteiger partial charge in [-0.1, -0.05) is 35.9 Å². The van der Waals surface area contributed by atoms with Gasteiger partial charge in [0.05, 0.1) is 6.04 Å². The van der Waals surface area contributed by atoms with Crippen LogP contribution in [0.15, 0.2) is 46.2 Å². The van der Waals surface area contributed by atoms with Gasteiger partial charge in [-0.3, -0.25) is 4.79 Å². The maximum Gasteiger partial charge on any atom is 0.342 e. The molecule has 3 aromatic rings. The first-order chi connectivity index (χ1) is 13.4. The Labute approximate surface area is 168 Å². The normalized spacial score (nSPS) is 11.9. The zero-order chi connectivity index (χ0) is 20.3. The molecule has 6 heteroatoms. The molecule has 3 rings (SSSR count). The molecule has 1 N–H and O–H groups in total. The summed E-state index contributed by atoms with van der Waals surface area (Å²) in [7, 11) is 0. The number of nitrogens with one attached hydrogen (secondary N) is 1. The van der Waals surface area contributed by atoms with E-state index < -0.39 is 5.97 Å². The molecule has 28 heavy (non-hydrogen) atoms. The lowest BCUT2D eigenvalue weighted by Gasteiger charge is -2.18. The molecule has 1 amide bonds. The molecule has 0 aliphatic rings. The summed E-state index contributed by atoms with van der Waals surface area (Å²) in [6.45, 7) is 6.96. The molecule has 5 nitrogen and oxygen atoms in total. The number of ether oxygens (including phenoxy) is 1. The SMILES string of the molecule is Cc1ccc(C(NC(=O)COC(=O)c2c(C)oc(C)c2C)c2cccs2)cc1.